The molecule has 0 radical (unpaired) electrons. The first kappa shape index (κ1) is 18.4. The van der Waals surface area contributed by atoms with Crippen LogP contribution in [0.3, 0.4) is 0 Å². The fourth-order valence-electron chi connectivity index (χ4n) is 0.574. The first-order chi connectivity index (χ1) is 4.30. The van der Waals surface area contributed by atoms with E-state index in [1.54, 1.807) is 18.2 Å². The number of benzene rings is 1. The van der Waals surface area contributed by atoms with Gasteiger partial charge < -0.3 is 15.4 Å². The molecule has 0 saturated carbocycles. The molecule has 2 N–H and O–H groups in total. The summed E-state index contributed by atoms with van der Waals surface area (Å²) in [6, 6.07) is 8.06. The average Bonchev–Trinajstić information content (AvgIpc) is 1.90. The fourth-order valence-corrected chi connectivity index (χ4v) is 0.574. The maximum absolute atomic E-state index is 10.1. The van der Waals surface area contributed by atoms with Gasteiger partial charge in [0.2, 0.25) is 0 Å². The van der Waals surface area contributed by atoms with Gasteiger partial charge in [0.25, 0.3) is 0 Å². The number of carbonyl (C=O) groups is 1. The molecule has 0 saturated heterocycles. The molecule has 12 heavy (non-hydrogen) atoms. The van der Waals surface area contributed by atoms with Gasteiger partial charge in [-0.05, 0) is 5.56 Å². The van der Waals surface area contributed by atoms with Crippen molar-refractivity contribution in [2.45, 2.75) is 0 Å². The summed E-state index contributed by atoms with van der Waals surface area (Å²) in [7, 11) is 0. The molecule has 3 nitrogen and oxygen atoms in total. The Morgan fingerprint density at radius 3 is 1.83 bits per heavy atom. The Morgan fingerprint density at radius 1 is 1.17 bits per heavy atom. The number of aromatic carboxylic acids is 1. The predicted molar refractivity (Wildman–Crippen MR) is 34.4 cm³/mol. The van der Waals surface area contributed by atoms with E-state index < -0.39 is 5.97 Å². The smallest absolute Gasteiger partial charge is 0.545 e. The van der Waals surface area contributed by atoms with E-state index in [9.17, 15) is 9.90 Å². The topological polar surface area (TPSA) is 71.6 Å². The molecule has 1 aromatic rings. The van der Waals surface area contributed by atoms with E-state index in [-0.39, 0.29) is 68.3 Å². The van der Waals surface area contributed by atoms with Crippen molar-refractivity contribution in [1.82, 2.24) is 0 Å². The molecule has 5 heteroatoms. The van der Waals surface area contributed by atoms with E-state index >= 15 is 0 Å². The molecule has 0 atom stereocenters. The van der Waals surface area contributed by atoms with E-state index in [0.717, 1.165) is 0 Å². The van der Waals surface area contributed by atoms with Gasteiger partial charge in [-0.3, -0.25) is 0 Å². The zero-order chi connectivity index (χ0) is 6.69. The Labute approximate surface area is 113 Å². The summed E-state index contributed by atoms with van der Waals surface area (Å²) in [4.78, 5) is 10.1. The minimum Gasteiger partial charge on any atom is -0.545 e. The van der Waals surface area contributed by atoms with Crippen LogP contribution >= 0.6 is 0 Å². The maximum Gasteiger partial charge on any atom is 1.00 e. The van der Waals surface area contributed by atoms with Gasteiger partial charge in [-0.15, -0.1) is 0 Å². The quantitative estimate of drug-likeness (QED) is 0.481. The summed E-state index contributed by atoms with van der Waals surface area (Å²) in [6.07, 6.45) is 0. The van der Waals surface area contributed by atoms with E-state index in [4.69, 9.17) is 0 Å². The van der Waals surface area contributed by atoms with Gasteiger partial charge in [0.1, 0.15) is 0 Å². The molecule has 0 heterocycles. The molecule has 1 aromatic carbocycles. The Kier molecular flexibility index (Phi) is 14.8. The minimum absolute atomic E-state index is 0. The normalized spacial score (nSPS) is 6.67. The third kappa shape index (κ3) is 6.14. The second-order valence-corrected chi connectivity index (χ2v) is 1.65. The monoisotopic (exact) mass is 364 g/mol. The van der Waals surface area contributed by atoms with Gasteiger partial charge in [0.05, 0.1) is 5.97 Å². The van der Waals surface area contributed by atoms with Crippen molar-refractivity contribution in [1.29, 1.82) is 0 Å². The molecular weight excluding hydrogens is 356 g/mol. The number of hydrogen-bond acceptors (Lipinski definition) is 2. The number of hydrogen-bond donors (Lipinski definition) is 0. The van der Waals surface area contributed by atoms with Crippen molar-refractivity contribution >= 4 is 5.97 Å². The molecule has 0 aliphatic rings. The van der Waals surface area contributed by atoms with E-state index in [1.807, 2.05) is 0 Å². The Bertz CT molecular complexity index is 215. The molecule has 1 rings (SSSR count). The molecule has 0 amide bonds. The molecule has 0 aliphatic heterocycles. The van der Waals surface area contributed by atoms with Gasteiger partial charge in [-0.25, -0.2) is 0 Å². The molecule has 56 valence electrons. The van der Waals surface area contributed by atoms with Crippen LogP contribution in [0, 0.1) is 0 Å². The summed E-state index contributed by atoms with van der Waals surface area (Å²) in [5.74, 6) is -1.13. The number of carboxylic acids is 1. The van der Waals surface area contributed by atoms with Crippen LogP contribution in [0.1, 0.15) is 10.4 Å². The van der Waals surface area contributed by atoms with Crippen molar-refractivity contribution in [3.05, 3.63) is 35.9 Å². The largest absolute Gasteiger partial charge is 1.00 e. The van der Waals surface area contributed by atoms with Gasteiger partial charge in [0.15, 0.2) is 0 Å². The van der Waals surface area contributed by atoms with E-state index in [1.165, 1.54) is 12.1 Å². The number of carbonyl (C=O) groups excluding carboxylic acids is 1. The Hall–Kier alpha value is 0.585. The average molecular weight is 363 g/mol. The van der Waals surface area contributed by atoms with Crippen LogP contribution in [0.15, 0.2) is 30.3 Å². The van der Waals surface area contributed by atoms with Crippen LogP contribution in [0.2, 0.25) is 0 Å². The number of carboxylic acid groups (broad SMARTS) is 1. The molecule has 0 aromatic heterocycles. The van der Waals surface area contributed by atoms with Gasteiger partial charge in [-0.2, -0.15) is 0 Å². The van der Waals surface area contributed by atoms with E-state index in [2.05, 4.69) is 0 Å². The zero-order valence-electron chi connectivity index (χ0n) is 6.91. The van der Waals surface area contributed by atoms with Crippen LogP contribution in [0.25, 0.3) is 0 Å². The van der Waals surface area contributed by atoms with Crippen molar-refractivity contribution in [3.8, 4) is 0 Å². The predicted octanol–water partition coefficient (Wildman–Crippen LogP) is -3.77. The summed E-state index contributed by atoms with van der Waals surface area (Å²) >= 11 is 0. The van der Waals surface area contributed by atoms with Crippen LogP contribution in [-0.2, 0) is 27.7 Å². The first-order valence-corrected chi connectivity index (χ1v) is 2.57. The molecule has 0 bridgehead atoms. The van der Waals surface area contributed by atoms with E-state index in [0.29, 0.717) is 0 Å². The van der Waals surface area contributed by atoms with Crippen molar-refractivity contribution < 1.29 is 72.6 Å². The first-order valence-electron chi connectivity index (χ1n) is 2.57. The molecule has 0 unspecified atom stereocenters. The summed E-state index contributed by atoms with van der Waals surface area (Å²) in [5.41, 5.74) is 0.220. The van der Waals surface area contributed by atoms with Crippen molar-refractivity contribution in [2.75, 3.05) is 0 Å². The van der Waals surface area contributed by atoms with Gasteiger partial charge in [-0.1, -0.05) is 30.3 Å². The maximum atomic E-state index is 10.1. The summed E-state index contributed by atoms with van der Waals surface area (Å²) in [6.45, 7) is 0. The standard InChI is InChI=1S/C7H6O2.Hg.Na.H2O/c8-7(9)6-4-2-1-3-5-6;;;/h1-5H,(H,8,9);;;1H2/q;;+1;/p-1. The van der Waals surface area contributed by atoms with Crippen molar-refractivity contribution in [2.24, 2.45) is 0 Å². The SMILES string of the molecule is O.O=C([O-])c1ccccc1.[Hg].[Na+]. The molecular formula is C7H7HgNaO3. The summed E-state index contributed by atoms with van der Waals surface area (Å²) in [5, 5.41) is 10.1. The van der Waals surface area contributed by atoms with Crippen LogP contribution in [-0.4, -0.2) is 11.4 Å². The minimum atomic E-state index is -1.13. The molecule has 0 aliphatic carbocycles. The second-order valence-electron chi connectivity index (χ2n) is 1.65. The van der Waals surface area contributed by atoms with Crippen molar-refractivity contribution in [3.63, 3.8) is 0 Å². The third-order valence-electron chi connectivity index (χ3n) is 1.01. The summed E-state index contributed by atoms with van der Waals surface area (Å²) < 4.78 is 0. The van der Waals surface area contributed by atoms with Crippen LogP contribution < -0.4 is 34.7 Å². The van der Waals surface area contributed by atoms with Gasteiger partial charge >= 0.3 is 29.6 Å². The third-order valence-corrected chi connectivity index (χ3v) is 1.01. The zero-order valence-corrected chi connectivity index (χ0v) is 14.4. The molecule has 0 fully saturated rings. The van der Waals surface area contributed by atoms with Gasteiger partial charge in [0, 0.05) is 27.7 Å². The van der Waals surface area contributed by atoms with Crippen LogP contribution in [0.5, 0.6) is 0 Å². The Morgan fingerprint density at radius 2 is 1.58 bits per heavy atom. The Balaban J connectivity index is -0.000000270. The number of rotatable bonds is 1. The second kappa shape index (κ2) is 9.67. The van der Waals surface area contributed by atoms with Crippen LogP contribution in [0.4, 0.5) is 0 Å². The molecule has 0 spiro atoms. The fraction of sp³-hybridized carbons (Fsp3) is 0.